The standard InChI is InChI=1S/C14H20N2O2/c1-16(2)12-7-5-11(6-8-12)14(18)15-9-13(17)10-3-4-10/h5-8,10,13,17H,3-4,9H2,1-2H3,(H,15,18). The van der Waals surface area contributed by atoms with Gasteiger partial charge < -0.3 is 15.3 Å². The first-order valence-electron chi connectivity index (χ1n) is 6.31. The number of anilines is 1. The molecule has 1 aliphatic carbocycles. The molecule has 0 radical (unpaired) electrons. The summed E-state index contributed by atoms with van der Waals surface area (Å²) >= 11 is 0. The Morgan fingerprint density at radius 2 is 2.00 bits per heavy atom. The van der Waals surface area contributed by atoms with Crippen molar-refractivity contribution >= 4 is 11.6 Å². The van der Waals surface area contributed by atoms with E-state index in [1.54, 1.807) is 12.1 Å². The predicted molar refractivity (Wildman–Crippen MR) is 71.8 cm³/mol. The molecule has 18 heavy (non-hydrogen) atoms. The van der Waals surface area contributed by atoms with Gasteiger partial charge in [-0.25, -0.2) is 0 Å². The largest absolute Gasteiger partial charge is 0.391 e. The second-order valence-electron chi connectivity index (χ2n) is 5.06. The molecule has 1 aromatic carbocycles. The Bertz CT molecular complexity index is 410. The average Bonchev–Trinajstić information content (AvgIpc) is 3.20. The van der Waals surface area contributed by atoms with Crippen LogP contribution in [0, 0.1) is 5.92 Å². The number of benzene rings is 1. The van der Waals surface area contributed by atoms with Crippen molar-refractivity contribution in [2.45, 2.75) is 18.9 Å². The molecule has 0 spiro atoms. The maximum absolute atomic E-state index is 11.8. The molecule has 1 fully saturated rings. The Balaban J connectivity index is 1.87. The molecule has 1 saturated carbocycles. The number of hydrogen-bond acceptors (Lipinski definition) is 3. The third-order valence-electron chi connectivity index (χ3n) is 3.28. The van der Waals surface area contributed by atoms with E-state index in [-0.39, 0.29) is 5.91 Å². The Morgan fingerprint density at radius 3 is 2.50 bits per heavy atom. The molecule has 1 amide bonds. The van der Waals surface area contributed by atoms with E-state index >= 15 is 0 Å². The molecule has 1 unspecified atom stereocenters. The zero-order valence-electron chi connectivity index (χ0n) is 10.9. The van der Waals surface area contributed by atoms with Crippen LogP contribution in [0.3, 0.4) is 0 Å². The number of amides is 1. The number of nitrogens with one attached hydrogen (secondary N) is 1. The van der Waals surface area contributed by atoms with E-state index in [1.165, 1.54) is 0 Å². The first kappa shape index (κ1) is 12.9. The molecule has 0 aliphatic heterocycles. The molecule has 2 N–H and O–H groups in total. The van der Waals surface area contributed by atoms with Crippen LogP contribution in [0.2, 0.25) is 0 Å². The fourth-order valence-corrected chi connectivity index (χ4v) is 1.86. The van der Waals surface area contributed by atoms with E-state index in [2.05, 4.69) is 5.32 Å². The lowest BCUT2D eigenvalue weighted by atomic mass is 10.1. The third kappa shape index (κ3) is 3.23. The molecule has 1 aliphatic rings. The first-order chi connectivity index (χ1) is 8.58. The van der Waals surface area contributed by atoms with E-state index < -0.39 is 6.10 Å². The zero-order chi connectivity index (χ0) is 13.1. The van der Waals surface area contributed by atoms with Crippen molar-refractivity contribution in [2.24, 2.45) is 5.92 Å². The van der Waals surface area contributed by atoms with Crippen LogP contribution < -0.4 is 10.2 Å². The van der Waals surface area contributed by atoms with Gasteiger partial charge in [-0.15, -0.1) is 0 Å². The van der Waals surface area contributed by atoms with E-state index in [0.717, 1.165) is 18.5 Å². The van der Waals surface area contributed by atoms with Gasteiger partial charge in [-0.3, -0.25) is 4.79 Å². The molecule has 4 heteroatoms. The molecule has 0 bridgehead atoms. The summed E-state index contributed by atoms with van der Waals surface area (Å²) in [5.74, 6) is 0.265. The van der Waals surface area contributed by atoms with Gasteiger partial charge in [0.1, 0.15) is 0 Å². The lowest BCUT2D eigenvalue weighted by Crippen LogP contribution is -2.33. The van der Waals surface area contributed by atoms with Gasteiger partial charge in [-0.05, 0) is 43.0 Å². The third-order valence-corrected chi connectivity index (χ3v) is 3.28. The van der Waals surface area contributed by atoms with Crippen molar-refractivity contribution in [3.63, 3.8) is 0 Å². The summed E-state index contributed by atoms with van der Waals surface area (Å²) in [7, 11) is 3.92. The summed E-state index contributed by atoms with van der Waals surface area (Å²) in [4.78, 5) is 13.8. The minimum atomic E-state index is -0.394. The van der Waals surface area contributed by atoms with Crippen LogP contribution in [-0.4, -0.2) is 37.8 Å². The van der Waals surface area contributed by atoms with Gasteiger partial charge in [-0.1, -0.05) is 0 Å². The van der Waals surface area contributed by atoms with Crippen LogP contribution in [0.25, 0.3) is 0 Å². The highest BCUT2D eigenvalue weighted by Crippen LogP contribution is 2.32. The number of aliphatic hydroxyl groups is 1. The maximum atomic E-state index is 11.8. The maximum Gasteiger partial charge on any atom is 0.251 e. The Kier molecular flexibility index (Phi) is 3.87. The van der Waals surface area contributed by atoms with Gasteiger partial charge in [0, 0.05) is 31.9 Å². The number of carbonyl (C=O) groups is 1. The molecule has 1 aromatic rings. The smallest absolute Gasteiger partial charge is 0.251 e. The zero-order valence-corrected chi connectivity index (χ0v) is 10.9. The molecular weight excluding hydrogens is 228 g/mol. The van der Waals surface area contributed by atoms with E-state index in [4.69, 9.17) is 0 Å². The summed E-state index contributed by atoms with van der Waals surface area (Å²) in [6.45, 7) is 0.346. The van der Waals surface area contributed by atoms with E-state index in [1.807, 2.05) is 31.1 Å². The molecule has 4 nitrogen and oxygen atoms in total. The van der Waals surface area contributed by atoms with E-state index in [9.17, 15) is 9.90 Å². The molecular formula is C14H20N2O2. The van der Waals surface area contributed by atoms with Crippen molar-refractivity contribution in [1.82, 2.24) is 5.32 Å². The highest BCUT2D eigenvalue weighted by atomic mass is 16.3. The van der Waals surface area contributed by atoms with Crippen molar-refractivity contribution in [1.29, 1.82) is 0 Å². The Hall–Kier alpha value is -1.55. The number of nitrogens with zero attached hydrogens (tertiary/aromatic N) is 1. The summed E-state index contributed by atoms with van der Waals surface area (Å²) in [6.07, 6.45) is 1.76. The second-order valence-corrected chi connectivity index (χ2v) is 5.06. The van der Waals surface area contributed by atoms with Crippen LogP contribution in [0.4, 0.5) is 5.69 Å². The highest BCUT2D eigenvalue weighted by molar-refractivity contribution is 5.94. The predicted octanol–water partition coefficient (Wildman–Crippen LogP) is 1.25. The van der Waals surface area contributed by atoms with Crippen LogP contribution in [0.1, 0.15) is 23.2 Å². The molecule has 98 valence electrons. The molecule has 1 atom stereocenters. The minimum Gasteiger partial charge on any atom is -0.391 e. The summed E-state index contributed by atoms with van der Waals surface area (Å²) in [5.41, 5.74) is 1.69. The van der Waals surface area contributed by atoms with Crippen molar-refractivity contribution in [2.75, 3.05) is 25.5 Å². The highest BCUT2D eigenvalue weighted by Gasteiger charge is 2.29. The quantitative estimate of drug-likeness (QED) is 0.824. The minimum absolute atomic E-state index is 0.125. The van der Waals surface area contributed by atoms with Gasteiger partial charge in [0.25, 0.3) is 5.91 Å². The van der Waals surface area contributed by atoms with Crippen LogP contribution in [0.15, 0.2) is 24.3 Å². The van der Waals surface area contributed by atoms with Crippen LogP contribution >= 0.6 is 0 Å². The first-order valence-corrected chi connectivity index (χ1v) is 6.31. The Labute approximate surface area is 108 Å². The van der Waals surface area contributed by atoms with Crippen LogP contribution in [0.5, 0.6) is 0 Å². The topological polar surface area (TPSA) is 52.6 Å². The number of carbonyl (C=O) groups excluding carboxylic acids is 1. The number of rotatable bonds is 5. The van der Waals surface area contributed by atoms with Gasteiger partial charge in [0.2, 0.25) is 0 Å². The second kappa shape index (κ2) is 5.40. The number of aliphatic hydroxyl groups excluding tert-OH is 1. The van der Waals surface area contributed by atoms with Crippen molar-refractivity contribution in [3.05, 3.63) is 29.8 Å². The normalized spacial score (nSPS) is 16.2. The van der Waals surface area contributed by atoms with E-state index in [0.29, 0.717) is 18.0 Å². The fourth-order valence-electron chi connectivity index (χ4n) is 1.86. The van der Waals surface area contributed by atoms with Crippen molar-refractivity contribution < 1.29 is 9.90 Å². The summed E-state index contributed by atoms with van der Waals surface area (Å²) in [6, 6.07) is 7.42. The lowest BCUT2D eigenvalue weighted by molar-refractivity contribution is 0.0901. The summed E-state index contributed by atoms with van der Waals surface area (Å²) < 4.78 is 0. The molecule has 0 saturated heterocycles. The van der Waals surface area contributed by atoms with Crippen LogP contribution in [-0.2, 0) is 0 Å². The molecule has 0 heterocycles. The number of hydrogen-bond donors (Lipinski definition) is 2. The van der Waals surface area contributed by atoms with Gasteiger partial charge in [0.15, 0.2) is 0 Å². The van der Waals surface area contributed by atoms with Gasteiger partial charge in [0.05, 0.1) is 6.10 Å². The van der Waals surface area contributed by atoms with Gasteiger partial charge >= 0.3 is 0 Å². The summed E-state index contributed by atoms with van der Waals surface area (Å²) in [5, 5.41) is 12.4. The van der Waals surface area contributed by atoms with Crippen molar-refractivity contribution in [3.8, 4) is 0 Å². The fraction of sp³-hybridized carbons (Fsp3) is 0.500. The SMILES string of the molecule is CN(C)c1ccc(C(=O)NCC(O)C2CC2)cc1. The lowest BCUT2D eigenvalue weighted by Gasteiger charge is -2.13. The monoisotopic (exact) mass is 248 g/mol. The average molecular weight is 248 g/mol. The Morgan fingerprint density at radius 1 is 1.39 bits per heavy atom. The molecule has 0 aromatic heterocycles. The molecule has 2 rings (SSSR count). The van der Waals surface area contributed by atoms with Gasteiger partial charge in [-0.2, -0.15) is 0 Å².